The van der Waals surface area contributed by atoms with E-state index in [1.54, 1.807) is 0 Å². The molecule has 0 bridgehead atoms. The second-order valence-electron chi connectivity index (χ2n) is 7.32. The molecule has 0 spiro atoms. The van der Waals surface area contributed by atoms with Gasteiger partial charge in [-0.3, -0.25) is 0 Å². The minimum atomic E-state index is -7.46. The molecule has 0 N–H and O–H groups in total. The second-order valence-corrected chi connectivity index (χ2v) is 7.32. The molecule has 0 aromatic heterocycles. The van der Waals surface area contributed by atoms with Gasteiger partial charge in [0.05, 0.1) is 12.0 Å². The second kappa shape index (κ2) is 8.13. The highest BCUT2D eigenvalue weighted by atomic mass is 19.4. The summed E-state index contributed by atoms with van der Waals surface area (Å²) in [5.74, 6) is -28.1. The quantitative estimate of drug-likeness (QED) is 0.236. The molecule has 0 saturated heterocycles. The summed E-state index contributed by atoms with van der Waals surface area (Å²) in [6, 6.07) is 5.92. The van der Waals surface area contributed by atoms with Crippen LogP contribution in [0.5, 0.6) is 0 Å². The van der Waals surface area contributed by atoms with E-state index in [1.165, 1.54) is 39.0 Å². The van der Waals surface area contributed by atoms with Crippen molar-refractivity contribution in [2.75, 3.05) is 0 Å². The lowest BCUT2D eigenvalue weighted by atomic mass is 9.92. The van der Waals surface area contributed by atoms with Crippen molar-refractivity contribution >= 4 is 0 Å². The summed E-state index contributed by atoms with van der Waals surface area (Å²) in [6.45, 7) is 4.04. The Bertz CT molecular complexity index is 694. The molecule has 1 aromatic carbocycles. The van der Waals surface area contributed by atoms with Crippen LogP contribution in [-0.4, -0.2) is 35.5 Å². The van der Waals surface area contributed by atoms with Gasteiger partial charge < -0.3 is 0 Å². The van der Waals surface area contributed by atoms with Gasteiger partial charge in [-0.05, 0) is 26.3 Å². The Hall–Kier alpha value is -1.63. The van der Waals surface area contributed by atoms with E-state index >= 15 is 0 Å². The van der Waals surface area contributed by atoms with Crippen LogP contribution in [0.1, 0.15) is 38.9 Å². The number of alkyl halides is 11. The van der Waals surface area contributed by atoms with Crippen LogP contribution in [0, 0.1) is 0 Å². The van der Waals surface area contributed by atoms with Crippen molar-refractivity contribution in [2.45, 2.75) is 68.8 Å². The summed E-state index contributed by atoms with van der Waals surface area (Å²) >= 11 is 0. The number of halogens is 11. The predicted octanol–water partition coefficient (Wildman–Crippen LogP) is 6.97. The average molecular weight is 462 g/mol. The maximum atomic E-state index is 14.1. The predicted molar refractivity (Wildman–Crippen MR) is 81.6 cm³/mol. The van der Waals surface area contributed by atoms with Crippen LogP contribution >= 0.6 is 0 Å². The molecule has 0 heterocycles. The van der Waals surface area contributed by atoms with Crippen molar-refractivity contribution in [2.24, 2.45) is 0 Å². The molecule has 0 radical (unpaired) electrons. The largest absolute Gasteiger partial charge is 0.460 e. The van der Waals surface area contributed by atoms with Crippen LogP contribution in [0.2, 0.25) is 0 Å². The van der Waals surface area contributed by atoms with Gasteiger partial charge in [0.2, 0.25) is 0 Å². The van der Waals surface area contributed by atoms with Crippen LogP contribution in [0.3, 0.4) is 0 Å². The molecule has 1 unspecified atom stereocenters. The maximum Gasteiger partial charge on any atom is 0.460 e. The van der Waals surface area contributed by atoms with E-state index in [9.17, 15) is 48.3 Å². The monoisotopic (exact) mass is 462 g/mol. The zero-order valence-corrected chi connectivity index (χ0v) is 15.6. The SMILES string of the molecule is CC(C)(C)OOC(CC(F)(F)C(F)(F)C(F)(F)C(F)(F)C(F)(F)F)c1ccccc1. The third-order valence-electron chi connectivity index (χ3n) is 3.63. The van der Waals surface area contributed by atoms with Crippen LogP contribution in [-0.2, 0) is 9.78 Å². The lowest BCUT2D eigenvalue weighted by molar-refractivity contribution is -0.430. The van der Waals surface area contributed by atoms with Gasteiger partial charge in [0.15, 0.2) is 0 Å². The Labute approximate surface area is 163 Å². The van der Waals surface area contributed by atoms with Gasteiger partial charge in [0.1, 0.15) is 6.10 Å². The molecule has 30 heavy (non-hydrogen) atoms. The van der Waals surface area contributed by atoms with Gasteiger partial charge in [0.25, 0.3) is 0 Å². The minimum absolute atomic E-state index is 0.303. The zero-order valence-electron chi connectivity index (χ0n) is 15.6. The normalized spacial score (nSPS) is 15.9. The smallest absolute Gasteiger partial charge is 0.230 e. The van der Waals surface area contributed by atoms with E-state index in [4.69, 9.17) is 4.89 Å². The molecule has 0 aliphatic carbocycles. The fourth-order valence-electron chi connectivity index (χ4n) is 2.04. The lowest BCUT2D eigenvalue weighted by Gasteiger charge is -2.38. The molecule has 0 aliphatic heterocycles. The molecule has 0 saturated carbocycles. The molecule has 174 valence electrons. The van der Waals surface area contributed by atoms with E-state index in [-0.39, 0.29) is 5.56 Å². The first kappa shape index (κ1) is 26.4. The highest BCUT2D eigenvalue weighted by molar-refractivity contribution is 5.19. The maximum absolute atomic E-state index is 14.1. The van der Waals surface area contributed by atoms with E-state index in [1.807, 2.05) is 0 Å². The van der Waals surface area contributed by atoms with E-state index in [0.29, 0.717) is 0 Å². The van der Waals surface area contributed by atoms with Gasteiger partial charge >= 0.3 is 29.9 Å². The number of benzene rings is 1. The van der Waals surface area contributed by atoms with Gasteiger partial charge in [-0.1, -0.05) is 30.3 Å². The van der Waals surface area contributed by atoms with Crippen molar-refractivity contribution in [1.82, 2.24) is 0 Å². The number of rotatable bonds is 8. The summed E-state index contributed by atoms with van der Waals surface area (Å²) < 4.78 is 145. The molecular formula is C17H17F11O2. The van der Waals surface area contributed by atoms with Crippen molar-refractivity contribution in [3.63, 3.8) is 0 Å². The van der Waals surface area contributed by atoms with E-state index in [0.717, 1.165) is 12.1 Å². The standard InChI is InChI=1S/C17H17F11O2/c1-12(2,3)30-29-11(10-7-5-4-6-8-10)9-13(18,19)14(20,21)15(22,23)16(24,25)17(26,27)28/h4-8,11H,9H2,1-3H3. The first-order valence-electron chi connectivity index (χ1n) is 8.15. The molecular weight excluding hydrogens is 445 g/mol. The Morgan fingerprint density at radius 1 is 0.700 bits per heavy atom. The molecule has 1 atom stereocenters. The molecule has 0 fully saturated rings. The number of hydrogen-bond acceptors (Lipinski definition) is 2. The summed E-state index contributed by atoms with van der Waals surface area (Å²) in [5, 5.41) is 0. The number of hydrogen-bond donors (Lipinski definition) is 0. The summed E-state index contributed by atoms with van der Waals surface area (Å²) in [4.78, 5) is 9.34. The fourth-order valence-corrected chi connectivity index (χ4v) is 2.04. The Morgan fingerprint density at radius 2 is 1.17 bits per heavy atom. The summed E-state index contributed by atoms with van der Waals surface area (Å²) in [5.41, 5.74) is -1.50. The molecule has 2 nitrogen and oxygen atoms in total. The van der Waals surface area contributed by atoms with Crippen molar-refractivity contribution in [1.29, 1.82) is 0 Å². The summed E-state index contributed by atoms with van der Waals surface area (Å²) in [6.07, 6.45) is -11.8. The van der Waals surface area contributed by atoms with Crippen LogP contribution in [0.15, 0.2) is 30.3 Å². The first-order valence-corrected chi connectivity index (χ1v) is 8.15. The van der Waals surface area contributed by atoms with Gasteiger partial charge in [-0.25, -0.2) is 9.78 Å². The summed E-state index contributed by atoms with van der Waals surface area (Å²) in [7, 11) is 0. The van der Waals surface area contributed by atoms with Crippen molar-refractivity contribution in [3.8, 4) is 0 Å². The van der Waals surface area contributed by atoms with Crippen LogP contribution in [0.4, 0.5) is 48.3 Å². The minimum Gasteiger partial charge on any atom is -0.230 e. The van der Waals surface area contributed by atoms with Crippen LogP contribution in [0.25, 0.3) is 0 Å². The molecule has 0 aliphatic rings. The highest BCUT2D eigenvalue weighted by Crippen LogP contribution is 2.58. The van der Waals surface area contributed by atoms with Crippen LogP contribution < -0.4 is 0 Å². The Morgan fingerprint density at radius 3 is 1.57 bits per heavy atom. The third kappa shape index (κ3) is 5.16. The molecule has 1 rings (SSSR count). The Kier molecular flexibility index (Phi) is 7.16. The zero-order chi connectivity index (χ0) is 23.8. The van der Waals surface area contributed by atoms with E-state index < -0.39 is 48.0 Å². The molecule has 1 aromatic rings. The lowest BCUT2D eigenvalue weighted by Crippen LogP contribution is -2.66. The third-order valence-corrected chi connectivity index (χ3v) is 3.63. The van der Waals surface area contributed by atoms with Crippen molar-refractivity contribution < 1.29 is 58.1 Å². The molecule has 0 amide bonds. The van der Waals surface area contributed by atoms with Crippen molar-refractivity contribution in [3.05, 3.63) is 35.9 Å². The Balaban J connectivity index is 3.33. The first-order chi connectivity index (χ1) is 13.2. The average Bonchev–Trinajstić information content (AvgIpc) is 2.57. The van der Waals surface area contributed by atoms with E-state index in [2.05, 4.69) is 4.89 Å². The van der Waals surface area contributed by atoms with Gasteiger partial charge in [-0.15, -0.1) is 0 Å². The van der Waals surface area contributed by atoms with Gasteiger partial charge in [0, 0.05) is 0 Å². The fraction of sp³-hybridized carbons (Fsp3) is 0.647. The van der Waals surface area contributed by atoms with Gasteiger partial charge in [-0.2, -0.15) is 48.3 Å². The highest BCUT2D eigenvalue weighted by Gasteiger charge is 2.87. The topological polar surface area (TPSA) is 18.5 Å². The molecule has 13 heteroatoms.